The number of aryl methyl sites for hydroxylation is 1. The monoisotopic (exact) mass is 280 g/mol. The van der Waals surface area contributed by atoms with E-state index in [4.69, 9.17) is 5.73 Å². The topological polar surface area (TPSA) is 56.7 Å². The summed E-state index contributed by atoms with van der Waals surface area (Å²) >= 11 is 3.38. The Morgan fingerprint density at radius 2 is 2.00 bits per heavy atom. The van der Waals surface area contributed by atoms with Gasteiger partial charge in [0, 0.05) is 18.3 Å². The molecule has 0 saturated carbocycles. The number of alkyl halides is 1. The van der Waals surface area contributed by atoms with Crippen LogP contribution in [0.3, 0.4) is 0 Å². The second-order valence-corrected chi connectivity index (χ2v) is 4.26. The van der Waals surface area contributed by atoms with E-state index in [1.165, 1.54) is 0 Å². The Labute approximate surface area is 103 Å². The summed E-state index contributed by atoms with van der Waals surface area (Å²) in [5.41, 5.74) is 8.65. The smallest absolute Gasteiger partial charge is 0.0840 e. The van der Waals surface area contributed by atoms with Gasteiger partial charge in [-0.1, -0.05) is 33.3 Å². The summed E-state index contributed by atoms with van der Waals surface area (Å²) in [6.45, 7) is 0.562. The minimum Gasteiger partial charge on any atom is -0.326 e. The highest BCUT2D eigenvalue weighted by Gasteiger charge is 2.01. The molecule has 1 heterocycles. The zero-order chi connectivity index (χ0) is 11.4. The minimum absolute atomic E-state index is 0.562. The van der Waals surface area contributed by atoms with Gasteiger partial charge < -0.3 is 5.73 Å². The van der Waals surface area contributed by atoms with Gasteiger partial charge in [-0.05, 0) is 17.7 Å². The molecule has 1 aromatic heterocycles. The highest BCUT2D eigenvalue weighted by Crippen LogP contribution is 2.09. The molecule has 16 heavy (non-hydrogen) atoms. The summed E-state index contributed by atoms with van der Waals surface area (Å²) in [6, 6.07) is 7.99. The van der Waals surface area contributed by atoms with Crippen LogP contribution in [0.25, 0.3) is 5.69 Å². The second kappa shape index (κ2) is 5.23. The van der Waals surface area contributed by atoms with Crippen molar-refractivity contribution in [2.45, 2.75) is 13.0 Å². The van der Waals surface area contributed by atoms with Crippen LogP contribution in [0.15, 0.2) is 30.5 Å². The van der Waals surface area contributed by atoms with Crippen LogP contribution in [0.1, 0.15) is 11.3 Å². The summed E-state index contributed by atoms with van der Waals surface area (Å²) in [5.74, 6) is 0. The zero-order valence-electron chi connectivity index (χ0n) is 8.81. The largest absolute Gasteiger partial charge is 0.326 e. The Kier molecular flexibility index (Phi) is 3.69. The maximum atomic E-state index is 5.54. The summed E-state index contributed by atoms with van der Waals surface area (Å²) in [6.07, 6.45) is 2.83. The molecular weight excluding hydrogens is 268 g/mol. The standard InChI is InChI=1S/C11H13BrN4/c12-6-5-10-8-16(15-14-10)11-3-1-9(7-13)2-4-11/h1-4,8H,5-7,13H2. The molecule has 0 fully saturated rings. The van der Waals surface area contributed by atoms with Gasteiger partial charge in [-0.25, -0.2) is 4.68 Å². The Balaban J connectivity index is 2.21. The van der Waals surface area contributed by atoms with E-state index in [2.05, 4.69) is 26.2 Å². The van der Waals surface area contributed by atoms with Gasteiger partial charge >= 0.3 is 0 Å². The lowest BCUT2D eigenvalue weighted by Crippen LogP contribution is -1.98. The molecule has 1 aromatic carbocycles. The minimum atomic E-state index is 0.562. The van der Waals surface area contributed by atoms with Crippen LogP contribution in [0, 0.1) is 0 Å². The summed E-state index contributed by atoms with van der Waals surface area (Å²) in [4.78, 5) is 0. The fraction of sp³-hybridized carbons (Fsp3) is 0.273. The van der Waals surface area contributed by atoms with Crippen molar-refractivity contribution in [2.75, 3.05) is 5.33 Å². The average Bonchev–Trinajstić information content (AvgIpc) is 2.78. The van der Waals surface area contributed by atoms with Crippen LogP contribution in [0.4, 0.5) is 0 Å². The summed E-state index contributed by atoms with van der Waals surface area (Å²) < 4.78 is 1.78. The third kappa shape index (κ3) is 2.48. The fourth-order valence-corrected chi connectivity index (χ4v) is 1.83. The Morgan fingerprint density at radius 3 is 2.62 bits per heavy atom. The van der Waals surface area contributed by atoms with Gasteiger partial charge in [-0.3, -0.25) is 0 Å². The lowest BCUT2D eigenvalue weighted by molar-refractivity contribution is 0.797. The molecule has 0 saturated heterocycles. The molecule has 0 aliphatic rings. The molecule has 2 N–H and O–H groups in total. The van der Waals surface area contributed by atoms with Crippen LogP contribution < -0.4 is 5.73 Å². The van der Waals surface area contributed by atoms with Gasteiger partial charge in [0.05, 0.1) is 17.6 Å². The average molecular weight is 281 g/mol. The Morgan fingerprint density at radius 1 is 1.25 bits per heavy atom. The van der Waals surface area contributed by atoms with Gasteiger partial charge in [-0.15, -0.1) is 5.10 Å². The van der Waals surface area contributed by atoms with Crippen molar-refractivity contribution in [3.05, 3.63) is 41.7 Å². The van der Waals surface area contributed by atoms with Crippen molar-refractivity contribution in [1.29, 1.82) is 0 Å². The predicted molar refractivity (Wildman–Crippen MR) is 66.7 cm³/mol. The van der Waals surface area contributed by atoms with Crippen LogP contribution >= 0.6 is 15.9 Å². The molecule has 0 bridgehead atoms. The summed E-state index contributed by atoms with van der Waals surface area (Å²) in [7, 11) is 0. The first kappa shape index (κ1) is 11.3. The number of hydrogen-bond donors (Lipinski definition) is 1. The summed E-state index contributed by atoms with van der Waals surface area (Å²) in [5, 5.41) is 9.06. The van der Waals surface area contributed by atoms with Crippen LogP contribution in [-0.4, -0.2) is 20.3 Å². The lowest BCUT2D eigenvalue weighted by Gasteiger charge is -2.01. The van der Waals surface area contributed by atoms with E-state index in [1.54, 1.807) is 4.68 Å². The normalized spacial score (nSPS) is 10.6. The zero-order valence-corrected chi connectivity index (χ0v) is 10.4. The van der Waals surface area contributed by atoms with E-state index >= 15 is 0 Å². The predicted octanol–water partition coefficient (Wildman–Crippen LogP) is 1.66. The highest BCUT2D eigenvalue weighted by molar-refractivity contribution is 9.09. The number of aromatic nitrogens is 3. The lowest BCUT2D eigenvalue weighted by atomic mass is 10.2. The first-order valence-electron chi connectivity index (χ1n) is 5.10. The fourth-order valence-electron chi connectivity index (χ4n) is 1.42. The number of hydrogen-bond acceptors (Lipinski definition) is 3. The van der Waals surface area contributed by atoms with Crippen LogP contribution in [0.5, 0.6) is 0 Å². The van der Waals surface area contributed by atoms with E-state index in [1.807, 2.05) is 30.5 Å². The number of benzene rings is 1. The molecule has 0 aliphatic heterocycles. The van der Waals surface area contributed by atoms with Gasteiger partial charge in [0.15, 0.2) is 0 Å². The van der Waals surface area contributed by atoms with E-state index in [9.17, 15) is 0 Å². The number of halogens is 1. The molecule has 0 atom stereocenters. The second-order valence-electron chi connectivity index (χ2n) is 3.46. The SMILES string of the molecule is NCc1ccc(-n2cc(CCBr)nn2)cc1. The highest BCUT2D eigenvalue weighted by atomic mass is 79.9. The first-order chi connectivity index (χ1) is 7.83. The van der Waals surface area contributed by atoms with E-state index < -0.39 is 0 Å². The van der Waals surface area contributed by atoms with Gasteiger partial charge in [0.1, 0.15) is 0 Å². The maximum Gasteiger partial charge on any atom is 0.0840 e. The van der Waals surface area contributed by atoms with E-state index in [0.29, 0.717) is 6.54 Å². The molecule has 84 valence electrons. The van der Waals surface area contributed by atoms with Crippen molar-refractivity contribution < 1.29 is 0 Å². The molecular formula is C11H13BrN4. The quantitative estimate of drug-likeness (QED) is 0.867. The van der Waals surface area contributed by atoms with Crippen molar-refractivity contribution in [1.82, 2.24) is 15.0 Å². The molecule has 5 heteroatoms. The van der Waals surface area contributed by atoms with Crippen molar-refractivity contribution in [3.8, 4) is 5.69 Å². The van der Waals surface area contributed by atoms with Gasteiger partial charge in [-0.2, -0.15) is 0 Å². The number of rotatable bonds is 4. The van der Waals surface area contributed by atoms with E-state index in [0.717, 1.165) is 28.7 Å². The third-order valence-corrected chi connectivity index (χ3v) is 2.72. The molecule has 0 aliphatic carbocycles. The van der Waals surface area contributed by atoms with Crippen LogP contribution in [-0.2, 0) is 13.0 Å². The van der Waals surface area contributed by atoms with Crippen molar-refractivity contribution in [2.24, 2.45) is 5.73 Å². The molecule has 2 aromatic rings. The van der Waals surface area contributed by atoms with Crippen molar-refractivity contribution in [3.63, 3.8) is 0 Å². The number of nitrogens with two attached hydrogens (primary N) is 1. The molecule has 0 radical (unpaired) electrons. The van der Waals surface area contributed by atoms with Gasteiger partial charge in [0.2, 0.25) is 0 Å². The van der Waals surface area contributed by atoms with E-state index in [-0.39, 0.29) is 0 Å². The van der Waals surface area contributed by atoms with Crippen molar-refractivity contribution >= 4 is 15.9 Å². The Bertz CT molecular complexity index is 449. The molecule has 0 amide bonds. The Hall–Kier alpha value is -1.20. The first-order valence-corrected chi connectivity index (χ1v) is 6.22. The third-order valence-electron chi connectivity index (χ3n) is 2.33. The maximum absolute atomic E-state index is 5.54. The van der Waals surface area contributed by atoms with Gasteiger partial charge in [0.25, 0.3) is 0 Å². The molecule has 0 unspecified atom stereocenters. The molecule has 0 spiro atoms. The van der Waals surface area contributed by atoms with Crippen LogP contribution in [0.2, 0.25) is 0 Å². The molecule has 4 nitrogen and oxygen atoms in total. The number of nitrogens with zero attached hydrogens (tertiary/aromatic N) is 3. The molecule has 2 rings (SSSR count).